The van der Waals surface area contributed by atoms with E-state index in [1.165, 1.54) is 4.90 Å². The highest BCUT2D eigenvalue weighted by Crippen LogP contribution is 2.26. The van der Waals surface area contributed by atoms with E-state index in [-0.39, 0.29) is 11.9 Å². The zero-order valence-corrected chi connectivity index (χ0v) is 11.9. The van der Waals surface area contributed by atoms with Gasteiger partial charge in [0.2, 0.25) is 0 Å². The molecule has 0 bridgehead atoms. The molecule has 3 amide bonds. The molecule has 1 unspecified atom stereocenters. The van der Waals surface area contributed by atoms with Gasteiger partial charge in [-0.25, -0.2) is 4.79 Å². The molecule has 100 valence electrons. The van der Waals surface area contributed by atoms with E-state index in [1.807, 2.05) is 24.3 Å². The molecular weight excluding hydrogens is 310 g/mol. The smallest absolute Gasteiger partial charge is 0.322 e. The molecule has 1 aromatic rings. The Morgan fingerprint density at radius 2 is 2.21 bits per heavy atom. The number of hydrogen-bond acceptors (Lipinski definition) is 3. The van der Waals surface area contributed by atoms with Crippen molar-refractivity contribution >= 4 is 27.9 Å². The number of nitrogens with one attached hydrogen (secondary N) is 2. The highest BCUT2D eigenvalue weighted by Gasteiger charge is 2.52. The van der Waals surface area contributed by atoms with Gasteiger partial charge in [0.05, 0.1) is 6.54 Å². The second-order valence-electron chi connectivity index (χ2n) is 4.96. The van der Waals surface area contributed by atoms with Crippen molar-refractivity contribution in [2.75, 3.05) is 13.1 Å². The third kappa shape index (κ3) is 2.15. The summed E-state index contributed by atoms with van der Waals surface area (Å²) in [7, 11) is 0. The van der Waals surface area contributed by atoms with E-state index in [1.54, 1.807) is 0 Å². The number of carbonyl (C=O) groups is 2. The molecule has 2 aliphatic rings. The Bertz CT molecular complexity index is 540. The van der Waals surface area contributed by atoms with E-state index in [2.05, 4.69) is 26.6 Å². The molecule has 0 aliphatic carbocycles. The first kappa shape index (κ1) is 12.6. The second-order valence-corrected chi connectivity index (χ2v) is 5.88. The average Bonchev–Trinajstić information content (AvgIpc) is 2.92. The fourth-order valence-electron chi connectivity index (χ4n) is 2.62. The summed E-state index contributed by atoms with van der Waals surface area (Å²) in [6, 6.07) is 7.33. The van der Waals surface area contributed by atoms with Crippen molar-refractivity contribution in [2.24, 2.45) is 0 Å². The van der Waals surface area contributed by atoms with Crippen LogP contribution in [0.4, 0.5) is 4.79 Å². The van der Waals surface area contributed by atoms with Crippen molar-refractivity contribution in [3.63, 3.8) is 0 Å². The van der Waals surface area contributed by atoms with Gasteiger partial charge in [0, 0.05) is 11.0 Å². The lowest BCUT2D eigenvalue weighted by atomic mass is 9.99. The molecular formula is C13H14BrN3O2. The molecule has 2 aliphatic heterocycles. The van der Waals surface area contributed by atoms with E-state index in [9.17, 15) is 9.59 Å². The Balaban J connectivity index is 1.82. The molecule has 3 rings (SSSR count). The Morgan fingerprint density at radius 3 is 2.89 bits per heavy atom. The fraction of sp³-hybridized carbons (Fsp3) is 0.385. The Kier molecular flexibility index (Phi) is 3.06. The van der Waals surface area contributed by atoms with Crippen LogP contribution >= 0.6 is 15.9 Å². The van der Waals surface area contributed by atoms with Gasteiger partial charge < -0.3 is 10.6 Å². The van der Waals surface area contributed by atoms with Gasteiger partial charge in [-0.3, -0.25) is 9.69 Å². The minimum atomic E-state index is -0.719. The average molecular weight is 324 g/mol. The first-order valence-corrected chi connectivity index (χ1v) is 6.99. The molecule has 2 N–H and O–H groups in total. The number of nitrogens with zero attached hydrogens (tertiary/aromatic N) is 1. The highest BCUT2D eigenvalue weighted by atomic mass is 79.9. The number of carbonyl (C=O) groups excluding carboxylic acids is 2. The standard InChI is InChI=1S/C13H14BrN3O2/c14-10-3-1-2-9(6-10)7-17-11(18)13(16-12(17)19)4-5-15-8-13/h1-3,6,15H,4-5,7-8H2,(H,16,19). The summed E-state index contributed by atoms with van der Waals surface area (Å²) in [5, 5.41) is 5.96. The van der Waals surface area contributed by atoms with E-state index < -0.39 is 5.54 Å². The molecule has 2 saturated heterocycles. The predicted octanol–water partition coefficient (Wildman–Crippen LogP) is 1.23. The predicted molar refractivity (Wildman–Crippen MR) is 73.4 cm³/mol. The van der Waals surface area contributed by atoms with Crippen LogP contribution in [0.15, 0.2) is 28.7 Å². The molecule has 2 heterocycles. The van der Waals surface area contributed by atoms with E-state index >= 15 is 0 Å². The van der Waals surface area contributed by atoms with Crippen LogP contribution in [0.1, 0.15) is 12.0 Å². The van der Waals surface area contributed by atoms with Gasteiger partial charge in [-0.1, -0.05) is 28.1 Å². The SMILES string of the molecule is O=C1NC2(CCNC2)C(=O)N1Cc1cccc(Br)c1. The van der Waals surface area contributed by atoms with Crippen molar-refractivity contribution < 1.29 is 9.59 Å². The number of urea groups is 1. The Labute approximate surface area is 119 Å². The van der Waals surface area contributed by atoms with Gasteiger partial charge in [-0.2, -0.15) is 0 Å². The molecule has 1 spiro atoms. The van der Waals surface area contributed by atoms with Crippen LogP contribution in [0.2, 0.25) is 0 Å². The van der Waals surface area contributed by atoms with Crippen LogP contribution in [0.5, 0.6) is 0 Å². The molecule has 0 saturated carbocycles. The summed E-state index contributed by atoms with van der Waals surface area (Å²) in [6.45, 7) is 1.59. The summed E-state index contributed by atoms with van der Waals surface area (Å²) in [5.74, 6) is -0.123. The minimum absolute atomic E-state index is 0.123. The van der Waals surface area contributed by atoms with Crippen LogP contribution in [0.3, 0.4) is 0 Å². The number of imide groups is 1. The van der Waals surface area contributed by atoms with Crippen LogP contribution < -0.4 is 10.6 Å². The van der Waals surface area contributed by atoms with Crippen molar-refractivity contribution in [3.05, 3.63) is 34.3 Å². The van der Waals surface area contributed by atoms with Crippen LogP contribution in [0, 0.1) is 0 Å². The van der Waals surface area contributed by atoms with Crippen molar-refractivity contribution in [1.82, 2.24) is 15.5 Å². The zero-order valence-electron chi connectivity index (χ0n) is 10.3. The molecule has 5 nitrogen and oxygen atoms in total. The third-order valence-electron chi connectivity index (χ3n) is 3.63. The largest absolute Gasteiger partial charge is 0.325 e. The minimum Gasteiger partial charge on any atom is -0.322 e. The van der Waals surface area contributed by atoms with E-state index in [0.717, 1.165) is 16.6 Å². The van der Waals surface area contributed by atoms with Gasteiger partial charge in [0.15, 0.2) is 0 Å². The van der Waals surface area contributed by atoms with E-state index in [4.69, 9.17) is 0 Å². The second kappa shape index (κ2) is 4.61. The van der Waals surface area contributed by atoms with Crippen molar-refractivity contribution in [3.8, 4) is 0 Å². The molecule has 2 fully saturated rings. The number of benzene rings is 1. The maximum absolute atomic E-state index is 12.4. The summed E-state index contributed by atoms with van der Waals surface area (Å²) < 4.78 is 0.939. The number of amides is 3. The van der Waals surface area contributed by atoms with Crippen molar-refractivity contribution in [1.29, 1.82) is 0 Å². The van der Waals surface area contributed by atoms with Crippen LogP contribution in [0.25, 0.3) is 0 Å². The number of halogens is 1. The lowest BCUT2D eigenvalue weighted by Gasteiger charge is -2.19. The van der Waals surface area contributed by atoms with Gasteiger partial charge in [-0.15, -0.1) is 0 Å². The van der Waals surface area contributed by atoms with Gasteiger partial charge in [-0.05, 0) is 30.7 Å². The number of rotatable bonds is 2. The molecule has 6 heteroatoms. The lowest BCUT2D eigenvalue weighted by Crippen LogP contribution is -2.48. The first-order chi connectivity index (χ1) is 9.11. The van der Waals surface area contributed by atoms with Gasteiger partial charge in [0.25, 0.3) is 5.91 Å². The Morgan fingerprint density at radius 1 is 1.37 bits per heavy atom. The normalized spacial score (nSPS) is 26.3. The molecule has 19 heavy (non-hydrogen) atoms. The quantitative estimate of drug-likeness (QED) is 0.805. The van der Waals surface area contributed by atoms with Gasteiger partial charge in [0.1, 0.15) is 5.54 Å². The molecule has 0 aromatic heterocycles. The lowest BCUT2D eigenvalue weighted by molar-refractivity contribution is -0.131. The zero-order chi connectivity index (χ0) is 13.5. The topological polar surface area (TPSA) is 61.4 Å². The first-order valence-electron chi connectivity index (χ1n) is 6.20. The summed E-state index contributed by atoms with van der Waals surface area (Å²) in [4.78, 5) is 25.7. The van der Waals surface area contributed by atoms with Gasteiger partial charge >= 0.3 is 6.03 Å². The monoisotopic (exact) mass is 323 g/mol. The van der Waals surface area contributed by atoms with Crippen LogP contribution in [-0.4, -0.2) is 35.5 Å². The highest BCUT2D eigenvalue weighted by molar-refractivity contribution is 9.10. The number of hydrogen-bond donors (Lipinski definition) is 2. The summed E-state index contributed by atoms with van der Waals surface area (Å²) in [6.07, 6.45) is 0.659. The maximum Gasteiger partial charge on any atom is 0.325 e. The molecule has 1 aromatic carbocycles. The summed E-state index contributed by atoms with van der Waals surface area (Å²) in [5.41, 5.74) is 0.212. The molecule has 1 atom stereocenters. The fourth-order valence-corrected chi connectivity index (χ4v) is 3.07. The van der Waals surface area contributed by atoms with Crippen LogP contribution in [-0.2, 0) is 11.3 Å². The van der Waals surface area contributed by atoms with Crippen molar-refractivity contribution in [2.45, 2.75) is 18.5 Å². The maximum atomic E-state index is 12.4. The van der Waals surface area contributed by atoms with E-state index in [0.29, 0.717) is 19.5 Å². The Hall–Kier alpha value is -1.40. The summed E-state index contributed by atoms with van der Waals surface area (Å²) >= 11 is 3.39. The molecule has 0 radical (unpaired) electrons. The third-order valence-corrected chi connectivity index (χ3v) is 4.12.